The van der Waals surface area contributed by atoms with Crippen LogP contribution in [0.4, 0.5) is 0 Å². The van der Waals surface area contributed by atoms with Crippen LogP contribution in [0.1, 0.15) is 0 Å². The fourth-order valence-corrected chi connectivity index (χ4v) is 9.79. The molecule has 8 unspecified atom stereocenters. The molecule has 6 aliphatic rings. The van der Waals surface area contributed by atoms with Crippen LogP contribution in [0, 0.1) is 0 Å². The molecule has 6 heterocycles. The summed E-state index contributed by atoms with van der Waals surface area (Å²) in [7, 11) is 0. The number of hydrogen-bond acceptors (Lipinski definition) is 31. The Morgan fingerprint density at radius 3 is 0.836 bits per heavy atom. The smallest absolute Gasteiger partial charge is 0.186 e. The molecule has 0 saturated carbocycles. The summed E-state index contributed by atoms with van der Waals surface area (Å²) in [4.78, 5) is 0.671. The number of ether oxygens (including phenoxy) is 11. The van der Waals surface area contributed by atoms with Gasteiger partial charge in [-0.3, -0.25) is 0 Å². The van der Waals surface area contributed by atoms with Crippen LogP contribution in [0.5, 0.6) is 0 Å². The summed E-state index contributed by atoms with van der Waals surface area (Å²) in [5.41, 5.74) is -1.07. The van der Waals surface area contributed by atoms with Crippen LogP contribution < -0.4 is 0 Å². The first-order valence-electron chi connectivity index (χ1n) is 23.2. The van der Waals surface area contributed by atoms with E-state index in [-0.39, 0.29) is 0 Å². The Morgan fingerprint density at radius 2 is 0.548 bits per heavy atom. The van der Waals surface area contributed by atoms with Gasteiger partial charge in [-0.2, -0.15) is 0 Å². The van der Waals surface area contributed by atoms with E-state index in [1.54, 1.807) is 30.3 Å². The van der Waals surface area contributed by atoms with Gasteiger partial charge in [0.05, 0.1) is 39.6 Å². The number of hydrogen-bond donors (Lipinski definition) is 19. The van der Waals surface area contributed by atoms with Crippen LogP contribution in [0.2, 0.25) is 0 Å². The molecule has 420 valence electrons. The van der Waals surface area contributed by atoms with E-state index in [2.05, 4.69) is 0 Å². The van der Waals surface area contributed by atoms with Crippen molar-refractivity contribution in [2.75, 3.05) is 39.6 Å². The zero-order valence-corrected chi connectivity index (χ0v) is 39.2. The van der Waals surface area contributed by atoms with Gasteiger partial charge in [-0.25, -0.2) is 0 Å². The highest BCUT2D eigenvalue weighted by molar-refractivity contribution is 7.99. The van der Waals surface area contributed by atoms with Gasteiger partial charge in [-0.15, -0.1) is 0 Å². The van der Waals surface area contributed by atoms with Crippen molar-refractivity contribution in [3.05, 3.63) is 30.3 Å². The largest absolute Gasteiger partial charge is 0.394 e. The quantitative estimate of drug-likeness (QED) is 0.0649. The van der Waals surface area contributed by atoms with Gasteiger partial charge in [0.1, 0.15) is 152 Å². The van der Waals surface area contributed by atoms with Gasteiger partial charge < -0.3 is 149 Å². The minimum Gasteiger partial charge on any atom is -0.394 e. The average Bonchev–Trinajstić information content (AvgIpc) is 3.38. The van der Waals surface area contributed by atoms with Gasteiger partial charge >= 0.3 is 0 Å². The third-order valence-electron chi connectivity index (χ3n) is 13.3. The second-order valence-electron chi connectivity index (χ2n) is 18.4. The molecule has 19 N–H and O–H groups in total. The molecule has 1 aromatic rings. The van der Waals surface area contributed by atoms with E-state index < -0.39 is 223 Å². The molecule has 31 heteroatoms. The Hall–Kier alpha value is -1.63. The summed E-state index contributed by atoms with van der Waals surface area (Å²) >= 11 is 1.06. The number of thioether (sulfide) groups is 1. The molecule has 6 aliphatic heterocycles. The molecule has 30 atom stereocenters. The lowest BCUT2D eigenvalue weighted by molar-refractivity contribution is -0.351. The van der Waals surface area contributed by atoms with Gasteiger partial charge in [-0.1, -0.05) is 30.0 Å². The Balaban J connectivity index is 0.907. The van der Waals surface area contributed by atoms with Crippen molar-refractivity contribution in [2.24, 2.45) is 0 Å². The maximum absolute atomic E-state index is 10.8. The first kappa shape index (κ1) is 59.0. The standard InChI is InChI=1S/C42H66O30S/c43-6-13-19(44)25(50)31(56)37(67-13)62-7-14-20(45)26(51)32(57)38(68-14)63-8-15-21(46)27(52)33(58)39(69-15)64-9-16-22(47)28(53)34(59)40(70-16)65-10-17-23(48)29(54)35(60)41(71-17)66-11-18-24(49)30(55)36(61)42(72-18)73-12-4-2-1-3-5-12/h1-5,13-61H,6-11H2/t13-,14-,15-,16-,17-,18-,19-,20-,21-,22-,23-,24-,25+,26+,27+,28?,29+,30?,31?,32-,33?,34-,35?,36-,37-,38?,39-,40?,41-,42?/m1/s1. The highest BCUT2D eigenvalue weighted by Crippen LogP contribution is 2.35. The van der Waals surface area contributed by atoms with E-state index in [0.29, 0.717) is 4.90 Å². The SMILES string of the molecule is OC[C@H]1O[C@@H](OC[C@H]2OC(OC[C@H]3O[C@@H](OC[C@H]4OC(OC[C@H]5O[C@@H](OC[C@H]6OC(Sc7ccccc7)[C@H](O)C(O)[C@@H]6O)C(O)[C@@H](O)[C@@H]5O)[C@H](O)C(O)[C@@H]4O)C(O)[C@@H](O)[C@@H]3O)[C@H](O)[C@@H](O)[C@@H]2O)C(O)[C@@H](O)[C@@H]1O. The maximum Gasteiger partial charge on any atom is 0.186 e. The van der Waals surface area contributed by atoms with E-state index >= 15 is 0 Å². The third kappa shape index (κ3) is 13.3. The van der Waals surface area contributed by atoms with Gasteiger partial charge in [-0.05, 0) is 12.1 Å². The molecular formula is C42H66O30S. The van der Waals surface area contributed by atoms with E-state index in [9.17, 15) is 97.0 Å². The van der Waals surface area contributed by atoms with Crippen LogP contribution in [0.25, 0.3) is 0 Å². The molecule has 30 nitrogen and oxygen atoms in total. The summed E-state index contributed by atoms with van der Waals surface area (Å²) in [6.45, 7) is -4.34. The van der Waals surface area contributed by atoms with Crippen molar-refractivity contribution in [2.45, 2.75) is 188 Å². The van der Waals surface area contributed by atoms with E-state index in [1.165, 1.54) is 0 Å². The summed E-state index contributed by atoms with van der Waals surface area (Å²) in [5.74, 6) is 0. The first-order valence-corrected chi connectivity index (χ1v) is 24.1. The first-order chi connectivity index (χ1) is 34.6. The molecule has 0 amide bonds. The Morgan fingerprint density at radius 1 is 0.301 bits per heavy atom. The van der Waals surface area contributed by atoms with E-state index in [1.807, 2.05) is 0 Å². The molecule has 6 saturated heterocycles. The lowest BCUT2D eigenvalue weighted by Crippen LogP contribution is -2.63. The molecule has 0 aliphatic carbocycles. The molecule has 7 rings (SSSR count). The summed E-state index contributed by atoms with van der Waals surface area (Å²) in [5, 5.41) is 200. The van der Waals surface area contributed by atoms with Crippen molar-refractivity contribution < 1.29 is 149 Å². The molecule has 0 spiro atoms. The minimum atomic E-state index is -2.00. The fourth-order valence-electron chi connectivity index (χ4n) is 8.71. The van der Waals surface area contributed by atoms with Crippen molar-refractivity contribution in [1.82, 2.24) is 0 Å². The van der Waals surface area contributed by atoms with Gasteiger partial charge in [0.25, 0.3) is 0 Å². The van der Waals surface area contributed by atoms with E-state index in [0.717, 1.165) is 11.8 Å². The Labute approximate surface area is 418 Å². The summed E-state index contributed by atoms with van der Waals surface area (Å²) < 4.78 is 61.2. The zero-order valence-electron chi connectivity index (χ0n) is 38.3. The Kier molecular flexibility index (Phi) is 20.9. The van der Waals surface area contributed by atoms with Crippen LogP contribution in [-0.4, -0.2) is 320 Å². The molecule has 6 fully saturated rings. The topological polar surface area (TPSA) is 486 Å². The van der Waals surface area contributed by atoms with Crippen molar-refractivity contribution in [3.63, 3.8) is 0 Å². The van der Waals surface area contributed by atoms with Crippen molar-refractivity contribution in [3.8, 4) is 0 Å². The number of benzene rings is 1. The predicted octanol–water partition coefficient (Wildman–Crippen LogP) is -11.3. The second-order valence-corrected chi connectivity index (χ2v) is 19.5. The van der Waals surface area contributed by atoms with Crippen LogP contribution in [0.3, 0.4) is 0 Å². The van der Waals surface area contributed by atoms with Crippen LogP contribution >= 0.6 is 11.8 Å². The van der Waals surface area contributed by atoms with Gasteiger partial charge in [0.15, 0.2) is 31.5 Å². The van der Waals surface area contributed by atoms with Gasteiger partial charge in [0.2, 0.25) is 0 Å². The molecule has 0 radical (unpaired) electrons. The predicted molar refractivity (Wildman–Crippen MR) is 229 cm³/mol. The number of aliphatic hydroxyl groups is 19. The third-order valence-corrected chi connectivity index (χ3v) is 14.5. The fraction of sp³-hybridized carbons (Fsp3) is 0.857. The highest BCUT2D eigenvalue weighted by atomic mass is 32.2. The van der Waals surface area contributed by atoms with Gasteiger partial charge in [0, 0.05) is 4.90 Å². The lowest BCUT2D eigenvalue weighted by Gasteiger charge is -2.45. The van der Waals surface area contributed by atoms with E-state index in [4.69, 9.17) is 52.1 Å². The summed E-state index contributed by atoms with van der Waals surface area (Å²) in [6, 6.07) is 8.71. The lowest BCUT2D eigenvalue weighted by atomic mass is 9.97. The average molecular weight is 1080 g/mol. The zero-order chi connectivity index (χ0) is 53.2. The molecule has 0 aromatic heterocycles. The number of rotatable bonds is 18. The minimum absolute atomic E-state index is 0.572. The van der Waals surface area contributed by atoms with Crippen LogP contribution in [-0.2, 0) is 52.1 Å². The normalized spacial score (nSPS) is 49.9. The maximum atomic E-state index is 10.8. The molecule has 1 aromatic carbocycles. The molecule has 73 heavy (non-hydrogen) atoms. The summed E-state index contributed by atoms with van der Waals surface area (Å²) in [6.07, 6.45) is -51.2. The van der Waals surface area contributed by atoms with Crippen molar-refractivity contribution >= 4 is 11.8 Å². The number of aliphatic hydroxyl groups excluding tert-OH is 19. The van der Waals surface area contributed by atoms with Crippen molar-refractivity contribution in [1.29, 1.82) is 0 Å². The van der Waals surface area contributed by atoms with Crippen LogP contribution in [0.15, 0.2) is 35.2 Å². The molecular weight excluding hydrogens is 1020 g/mol. The molecule has 0 bridgehead atoms. The second kappa shape index (κ2) is 25.9. The Bertz CT molecular complexity index is 1820. The highest BCUT2D eigenvalue weighted by Gasteiger charge is 2.52. The monoisotopic (exact) mass is 1080 g/mol.